The van der Waals surface area contributed by atoms with E-state index >= 15 is 0 Å². The van der Waals surface area contributed by atoms with Crippen LogP contribution in [-0.2, 0) is 6.54 Å². The predicted molar refractivity (Wildman–Crippen MR) is 92.8 cm³/mol. The summed E-state index contributed by atoms with van der Waals surface area (Å²) < 4.78 is 7.18. The maximum atomic E-state index is 5.31. The molecule has 0 fully saturated rings. The molecular weight excluding hydrogens is 302 g/mol. The van der Waals surface area contributed by atoms with Gasteiger partial charge in [-0.15, -0.1) is 0 Å². The SMILES string of the molecule is Cc1nn(-c2ccccc2)c2nccc(NNCc3ccco3)c12. The van der Waals surface area contributed by atoms with Crippen LogP contribution in [0.25, 0.3) is 16.7 Å². The number of hydrogen-bond donors (Lipinski definition) is 2. The molecule has 0 aliphatic heterocycles. The Balaban J connectivity index is 1.66. The van der Waals surface area contributed by atoms with Crippen LogP contribution in [0.3, 0.4) is 0 Å². The van der Waals surface area contributed by atoms with Crippen LogP contribution in [0.1, 0.15) is 11.5 Å². The van der Waals surface area contributed by atoms with E-state index in [1.54, 1.807) is 12.5 Å². The summed E-state index contributed by atoms with van der Waals surface area (Å²) in [6.07, 6.45) is 3.44. The zero-order valence-electron chi connectivity index (χ0n) is 13.2. The van der Waals surface area contributed by atoms with Crippen molar-refractivity contribution in [2.45, 2.75) is 13.5 Å². The highest BCUT2D eigenvalue weighted by atomic mass is 16.3. The van der Waals surface area contributed by atoms with E-state index in [-0.39, 0.29) is 0 Å². The number of fused-ring (bicyclic) bond motifs is 1. The molecule has 0 bridgehead atoms. The summed E-state index contributed by atoms with van der Waals surface area (Å²) in [5, 5.41) is 5.64. The molecule has 4 rings (SSSR count). The van der Waals surface area contributed by atoms with Gasteiger partial charge in [-0.1, -0.05) is 18.2 Å². The van der Waals surface area contributed by atoms with Gasteiger partial charge in [0, 0.05) is 6.20 Å². The van der Waals surface area contributed by atoms with Crippen LogP contribution in [-0.4, -0.2) is 14.8 Å². The Morgan fingerprint density at radius 3 is 2.75 bits per heavy atom. The van der Waals surface area contributed by atoms with Crippen molar-refractivity contribution in [3.8, 4) is 5.69 Å². The van der Waals surface area contributed by atoms with Crippen LogP contribution in [0.4, 0.5) is 5.69 Å². The molecular formula is C18H17N5O. The second-order valence-corrected chi connectivity index (χ2v) is 5.45. The van der Waals surface area contributed by atoms with E-state index in [1.165, 1.54) is 0 Å². The Labute approximate surface area is 139 Å². The molecule has 0 aliphatic carbocycles. The molecule has 0 saturated carbocycles. The second kappa shape index (κ2) is 6.17. The first-order valence-corrected chi connectivity index (χ1v) is 7.74. The van der Waals surface area contributed by atoms with Crippen molar-refractivity contribution in [3.05, 3.63) is 72.4 Å². The number of furan rings is 1. The van der Waals surface area contributed by atoms with Gasteiger partial charge in [-0.3, -0.25) is 0 Å². The fourth-order valence-corrected chi connectivity index (χ4v) is 2.71. The van der Waals surface area contributed by atoms with E-state index < -0.39 is 0 Å². The van der Waals surface area contributed by atoms with Gasteiger partial charge >= 0.3 is 0 Å². The van der Waals surface area contributed by atoms with Crippen molar-refractivity contribution in [2.75, 3.05) is 5.43 Å². The molecule has 4 aromatic rings. The lowest BCUT2D eigenvalue weighted by Gasteiger charge is -2.09. The number of anilines is 1. The largest absolute Gasteiger partial charge is 0.468 e. The quantitative estimate of drug-likeness (QED) is 0.552. The van der Waals surface area contributed by atoms with Gasteiger partial charge in [-0.05, 0) is 37.3 Å². The van der Waals surface area contributed by atoms with Gasteiger partial charge in [0.2, 0.25) is 0 Å². The molecule has 0 radical (unpaired) electrons. The smallest absolute Gasteiger partial charge is 0.165 e. The fourth-order valence-electron chi connectivity index (χ4n) is 2.71. The number of para-hydroxylation sites is 1. The molecule has 0 spiro atoms. The molecule has 3 heterocycles. The lowest BCUT2D eigenvalue weighted by Crippen LogP contribution is -2.20. The molecule has 6 nitrogen and oxygen atoms in total. The van der Waals surface area contributed by atoms with Crippen LogP contribution >= 0.6 is 0 Å². The van der Waals surface area contributed by atoms with E-state index in [0.717, 1.165) is 33.9 Å². The molecule has 120 valence electrons. The topological polar surface area (TPSA) is 67.9 Å². The molecule has 24 heavy (non-hydrogen) atoms. The Bertz CT molecular complexity index is 944. The molecule has 2 N–H and O–H groups in total. The van der Waals surface area contributed by atoms with Gasteiger partial charge in [0.25, 0.3) is 0 Å². The number of pyridine rings is 1. The van der Waals surface area contributed by atoms with E-state index in [0.29, 0.717) is 6.54 Å². The summed E-state index contributed by atoms with van der Waals surface area (Å²) in [6, 6.07) is 15.7. The standard InChI is InChI=1S/C18H17N5O/c1-13-17-16(21-20-12-15-8-5-11-24-15)9-10-19-18(17)23(22-13)14-6-3-2-4-7-14/h2-11,20H,12H2,1H3,(H,19,21). The number of nitrogens with zero attached hydrogens (tertiary/aromatic N) is 3. The maximum Gasteiger partial charge on any atom is 0.165 e. The molecule has 0 atom stereocenters. The minimum Gasteiger partial charge on any atom is -0.468 e. The zero-order valence-corrected chi connectivity index (χ0v) is 13.2. The minimum absolute atomic E-state index is 0.586. The Kier molecular flexibility index (Phi) is 3.72. The Morgan fingerprint density at radius 2 is 1.96 bits per heavy atom. The Morgan fingerprint density at radius 1 is 1.08 bits per heavy atom. The van der Waals surface area contributed by atoms with Gasteiger partial charge in [0.1, 0.15) is 5.76 Å². The predicted octanol–water partition coefficient (Wildman–Crippen LogP) is 3.44. The summed E-state index contributed by atoms with van der Waals surface area (Å²) in [4.78, 5) is 4.51. The van der Waals surface area contributed by atoms with Gasteiger partial charge in [0.05, 0.1) is 35.3 Å². The van der Waals surface area contributed by atoms with Crippen molar-refractivity contribution in [1.29, 1.82) is 0 Å². The molecule has 0 saturated heterocycles. The van der Waals surface area contributed by atoms with Crippen molar-refractivity contribution in [3.63, 3.8) is 0 Å². The number of benzene rings is 1. The minimum atomic E-state index is 0.586. The first-order chi connectivity index (χ1) is 11.8. The van der Waals surface area contributed by atoms with Gasteiger partial charge in [-0.25, -0.2) is 15.1 Å². The second-order valence-electron chi connectivity index (χ2n) is 5.45. The van der Waals surface area contributed by atoms with Crippen LogP contribution in [0.2, 0.25) is 0 Å². The van der Waals surface area contributed by atoms with Crippen LogP contribution in [0.15, 0.2) is 65.4 Å². The van der Waals surface area contributed by atoms with E-state index in [2.05, 4.69) is 20.9 Å². The van der Waals surface area contributed by atoms with Crippen LogP contribution in [0.5, 0.6) is 0 Å². The monoisotopic (exact) mass is 319 g/mol. The highest BCUT2D eigenvalue weighted by Gasteiger charge is 2.13. The van der Waals surface area contributed by atoms with E-state index in [4.69, 9.17) is 4.42 Å². The summed E-state index contributed by atoms with van der Waals surface area (Å²) >= 11 is 0. The fraction of sp³-hybridized carbons (Fsp3) is 0.111. The lowest BCUT2D eigenvalue weighted by molar-refractivity contribution is 0.494. The van der Waals surface area contributed by atoms with Crippen LogP contribution in [0, 0.1) is 6.92 Å². The Hall–Kier alpha value is -3.12. The third-order valence-corrected chi connectivity index (χ3v) is 3.81. The summed E-state index contributed by atoms with van der Waals surface area (Å²) in [5.74, 6) is 0.865. The number of aryl methyl sites for hydroxylation is 1. The molecule has 0 amide bonds. The summed E-state index contributed by atoms with van der Waals surface area (Å²) in [6.45, 7) is 2.57. The number of hydrazine groups is 1. The van der Waals surface area contributed by atoms with Crippen molar-refractivity contribution in [2.24, 2.45) is 0 Å². The van der Waals surface area contributed by atoms with Gasteiger partial charge in [-0.2, -0.15) is 5.10 Å². The average molecular weight is 319 g/mol. The highest BCUT2D eigenvalue weighted by molar-refractivity contribution is 5.92. The normalized spacial score (nSPS) is 11.0. The molecule has 3 aromatic heterocycles. The lowest BCUT2D eigenvalue weighted by atomic mass is 10.2. The first kappa shape index (κ1) is 14.5. The van der Waals surface area contributed by atoms with E-state index in [1.807, 2.05) is 60.1 Å². The molecule has 0 unspecified atom stereocenters. The van der Waals surface area contributed by atoms with E-state index in [9.17, 15) is 0 Å². The summed E-state index contributed by atoms with van der Waals surface area (Å²) in [7, 11) is 0. The van der Waals surface area contributed by atoms with Gasteiger partial charge in [0.15, 0.2) is 5.65 Å². The van der Waals surface area contributed by atoms with Crippen molar-refractivity contribution < 1.29 is 4.42 Å². The van der Waals surface area contributed by atoms with Gasteiger partial charge < -0.3 is 9.84 Å². The zero-order chi connectivity index (χ0) is 16.4. The summed E-state index contributed by atoms with van der Waals surface area (Å²) in [5.41, 5.74) is 10.1. The number of rotatable bonds is 5. The first-order valence-electron chi connectivity index (χ1n) is 7.74. The molecule has 0 aliphatic rings. The van der Waals surface area contributed by atoms with Crippen molar-refractivity contribution in [1.82, 2.24) is 20.2 Å². The highest BCUT2D eigenvalue weighted by Crippen LogP contribution is 2.26. The number of aromatic nitrogens is 3. The number of hydrogen-bond acceptors (Lipinski definition) is 5. The number of nitrogens with one attached hydrogen (secondary N) is 2. The average Bonchev–Trinajstić information content (AvgIpc) is 3.24. The third kappa shape index (κ3) is 2.63. The van der Waals surface area contributed by atoms with Crippen LogP contribution < -0.4 is 10.9 Å². The van der Waals surface area contributed by atoms with Crippen molar-refractivity contribution >= 4 is 16.7 Å². The third-order valence-electron chi connectivity index (χ3n) is 3.81. The maximum absolute atomic E-state index is 5.31. The molecule has 1 aromatic carbocycles. The molecule has 6 heteroatoms.